The number of rotatable bonds is 7. The first-order valence-corrected chi connectivity index (χ1v) is 10.6. The van der Waals surface area contributed by atoms with Crippen molar-refractivity contribution < 1.29 is 0 Å². The fourth-order valence-electron chi connectivity index (χ4n) is 3.53. The van der Waals surface area contributed by atoms with E-state index in [1.165, 1.54) is 0 Å². The summed E-state index contributed by atoms with van der Waals surface area (Å²) in [4.78, 5) is 18.1. The van der Waals surface area contributed by atoms with Crippen molar-refractivity contribution in [3.8, 4) is 33.8 Å². The van der Waals surface area contributed by atoms with Gasteiger partial charge in [0.1, 0.15) is 0 Å². The summed E-state index contributed by atoms with van der Waals surface area (Å²) in [6.45, 7) is 2.16. The Bertz CT molecular complexity index is 1250. The second-order valence-electron chi connectivity index (χ2n) is 7.79. The topological polar surface area (TPSA) is 90.6 Å². The van der Waals surface area contributed by atoms with E-state index in [2.05, 4.69) is 56.8 Å². The van der Waals surface area contributed by atoms with Gasteiger partial charge in [-0.2, -0.15) is 5.21 Å². The highest BCUT2D eigenvalue weighted by atomic mass is 16.1. The second-order valence-corrected chi connectivity index (χ2v) is 7.79. The maximum Gasteiger partial charge on any atom is 0.260 e. The molecule has 32 heavy (non-hydrogen) atoms. The van der Waals surface area contributed by atoms with Crippen molar-refractivity contribution in [2.24, 2.45) is 0 Å². The fourth-order valence-corrected chi connectivity index (χ4v) is 3.53. The number of unbranched alkanes of at least 4 members (excludes halogenated alkanes) is 1. The van der Waals surface area contributed by atoms with E-state index in [9.17, 15) is 4.79 Å². The molecule has 162 valence electrons. The molecule has 0 atom stereocenters. The molecular weight excluding hydrogens is 400 g/mol. The van der Waals surface area contributed by atoms with E-state index >= 15 is 0 Å². The summed E-state index contributed by atoms with van der Waals surface area (Å²) < 4.78 is 0. The first kappa shape index (κ1) is 21.2. The molecule has 0 unspecified atom stereocenters. The number of aromatic amines is 2. The molecule has 2 heterocycles. The Kier molecular flexibility index (Phi) is 6.26. The molecule has 4 aromatic rings. The molecule has 0 spiro atoms. The number of hydrogen-bond acceptors (Lipinski definition) is 5. The van der Waals surface area contributed by atoms with Crippen molar-refractivity contribution in [3.05, 3.63) is 76.6 Å². The Balaban J connectivity index is 1.80. The van der Waals surface area contributed by atoms with E-state index in [4.69, 9.17) is 0 Å². The van der Waals surface area contributed by atoms with Crippen molar-refractivity contribution in [2.45, 2.75) is 19.8 Å². The monoisotopic (exact) mass is 426 g/mol. The average molecular weight is 427 g/mol. The highest BCUT2D eigenvalue weighted by Gasteiger charge is 2.18. The van der Waals surface area contributed by atoms with Crippen LogP contribution in [0.25, 0.3) is 39.8 Å². The van der Waals surface area contributed by atoms with Gasteiger partial charge in [0.05, 0.1) is 5.56 Å². The van der Waals surface area contributed by atoms with Crippen LogP contribution in [0.2, 0.25) is 0 Å². The lowest BCUT2D eigenvalue weighted by molar-refractivity contribution is 0.881. The SMILES string of the molecule is CCC/C=C/c1ccc(-c2cc(-c3ccc(N(C)C)cc3)c(-c3nn[nH]n3)c(=O)[nH]2)cc1. The number of hydrogen-bond donors (Lipinski definition) is 2. The van der Waals surface area contributed by atoms with Crippen LogP contribution in [0.3, 0.4) is 0 Å². The van der Waals surface area contributed by atoms with Gasteiger partial charge < -0.3 is 9.88 Å². The van der Waals surface area contributed by atoms with Gasteiger partial charge in [0.25, 0.3) is 5.56 Å². The number of anilines is 1. The Morgan fingerprint density at radius 2 is 1.72 bits per heavy atom. The summed E-state index contributed by atoms with van der Waals surface area (Å²) in [5, 5.41) is 14.2. The number of aromatic nitrogens is 5. The molecule has 2 aromatic carbocycles. The summed E-state index contributed by atoms with van der Waals surface area (Å²) >= 11 is 0. The molecule has 0 fully saturated rings. The van der Waals surface area contributed by atoms with Crippen LogP contribution < -0.4 is 10.5 Å². The molecule has 0 saturated heterocycles. The standard InChI is InChI=1S/C25H26N6O/c1-4-5-6-7-17-8-10-19(11-9-17)22-16-21(18-12-14-20(15-13-18)31(2)3)23(25(32)26-22)24-27-29-30-28-24/h6-16H,4-5H2,1-3H3,(H,26,32)(H,27,28,29,30)/b7-6+. The number of nitrogens with one attached hydrogen (secondary N) is 2. The minimum Gasteiger partial charge on any atom is -0.378 e. The molecule has 7 nitrogen and oxygen atoms in total. The Labute approximate surface area is 186 Å². The fraction of sp³-hybridized carbons (Fsp3) is 0.200. The normalized spacial score (nSPS) is 11.2. The number of pyridine rings is 1. The van der Waals surface area contributed by atoms with Crippen LogP contribution in [-0.4, -0.2) is 39.7 Å². The van der Waals surface area contributed by atoms with E-state index in [1.807, 2.05) is 61.5 Å². The quantitative estimate of drug-likeness (QED) is 0.444. The summed E-state index contributed by atoms with van der Waals surface area (Å²) in [6, 6.07) is 18.2. The molecule has 0 saturated carbocycles. The number of nitrogens with zero attached hydrogens (tertiary/aromatic N) is 4. The van der Waals surface area contributed by atoms with Crippen molar-refractivity contribution in [3.63, 3.8) is 0 Å². The van der Waals surface area contributed by atoms with Gasteiger partial charge in [0, 0.05) is 31.0 Å². The minimum absolute atomic E-state index is 0.262. The van der Waals surface area contributed by atoms with Gasteiger partial charge in [0.15, 0.2) is 0 Å². The first-order valence-electron chi connectivity index (χ1n) is 10.6. The van der Waals surface area contributed by atoms with Crippen LogP contribution in [0.4, 0.5) is 5.69 Å². The van der Waals surface area contributed by atoms with Gasteiger partial charge in [-0.25, -0.2) is 0 Å². The third-order valence-electron chi connectivity index (χ3n) is 5.28. The molecule has 0 aliphatic rings. The lowest BCUT2D eigenvalue weighted by Crippen LogP contribution is -2.13. The van der Waals surface area contributed by atoms with Gasteiger partial charge in [0.2, 0.25) is 5.82 Å². The van der Waals surface area contributed by atoms with Crippen LogP contribution >= 0.6 is 0 Å². The van der Waals surface area contributed by atoms with Gasteiger partial charge in [-0.1, -0.05) is 61.9 Å². The maximum atomic E-state index is 13.1. The first-order chi connectivity index (χ1) is 15.6. The van der Waals surface area contributed by atoms with Crippen LogP contribution in [0.1, 0.15) is 25.3 Å². The summed E-state index contributed by atoms with van der Waals surface area (Å²) in [5.41, 5.74) is 5.66. The molecule has 7 heteroatoms. The second kappa shape index (κ2) is 9.43. The van der Waals surface area contributed by atoms with Crippen molar-refractivity contribution in [1.29, 1.82) is 0 Å². The van der Waals surface area contributed by atoms with E-state index in [0.717, 1.165) is 46.5 Å². The summed E-state index contributed by atoms with van der Waals surface area (Å²) in [7, 11) is 3.98. The minimum atomic E-state index is -0.262. The zero-order chi connectivity index (χ0) is 22.5. The van der Waals surface area contributed by atoms with Crippen LogP contribution in [0.5, 0.6) is 0 Å². The zero-order valence-corrected chi connectivity index (χ0v) is 18.5. The number of H-pyrrole nitrogens is 2. The lowest BCUT2D eigenvalue weighted by Gasteiger charge is -2.14. The third kappa shape index (κ3) is 4.51. The predicted octanol–water partition coefficient (Wildman–Crippen LogP) is 4.77. The van der Waals surface area contributed by atoms with Gasteiger partial charge in [-0.05, 0) is 46.5 Å². The van der Waals surface area contributed by atoms with Crippen LogP contribution in [0, 0.1) is 0 Å². The van der Waals surface area contributed by atoms with Crippen molar-refractivity contribution >= 4 is 11.8 Å². The predicted molar refractivity (Wildman–Crippen MR) is 129 cm³/mol. The molecule has 2 N–H and O–H groups in total. The van der Waals surface area contributed by atoms with E-state index in [0.29, 0.717) is 5.56 Å². The van der Waals surface area contributed by atoms with Crippen molar-refractivity contribution in [2.75, 3.05) is 19.0 Å². The molecule has 0 aliphatic heterocycles. The highest BCUT2D eigenvalue weighted by Crippen LogP contribution is 2.31. The molecule has 2 aromatic heterocycles. The van der Waals surface area contributed by atoms with Crippen molar-refractivity contribution in [1.82, 2.24) is 25.6 Å². The number of tetrazole rings is 1. The maximum absolute atomic E-state index is 13.1. The van der Waals surface area contributed by atoms with E-state index < -0.39 is 0 Å². The molecule has 0 aliphatic carbocycles. The summed E-state index contributed by atoms with van der Waals surface area (Å²) in [6.07, 6.45) is 6.47. The molecule has 0 bridgehead atoms. The van der Waals surface area contributed by atoms with Crippen LogP contribution in [0.15, 0.2) is 65.5 Å². The Hall–Kier alpha value is -4.00. The Morgan fingerprint density at radius 3 is 2.34 bits per heavy atom. The highest BCUT2D eigenvalue weighted by molar-refractivity contribution is 5.83. The molecule has 0 radical (unpaired) electrons. The number of benzene rings is 2. The molecular formula is C25H26N6O. The largest absolute Gasteiger partial charge is 0.378 e. The van der Waals surface area contributed by atoms with Gasteiger partial charge in [-0.3, -0.25) is 4.79 Å². The summed E-state index contributed by atoms with van der Waals surface area (Å²) in [5.74, 6) is 0.265. The zero-order valence-electron chi connectivity index (χ0n) is 18.5. The van der Waals surface area contributed by atoms with Gasteiger partial charge >= 0.3 is 0 Å². The molecule has 0 amide bonds. The van der Waals surface area contributed by atoms with Crippen LogP contribution in [-0.2, 0) is 0 Å². The lowest BCUT2D eigenvalue weighted by atomic mass is 9.97. The molecule has 4 rings (SSSR count). The van der Waals surface area contributed by atoms with E-state index in [-0.39, 0.29) is 11.4 Å². The van der Waals surface area contributed by atoms with E-state index in [1.54, 1.807) is 0 Å². The smallest absolute Gasteiger partial charge is 0.260 e. The number of allylic oxidation sites excluding steroid dienone is 1. The van der Waals surface area contributed by atoms with Gasteiger partial charge in [-0.15, -0.1) is 10.2 Å². The Morgan fingerprint density at radius 1 is 1.00 bits per heavy atom. The third-order valence-corrected chi connectivity index (χ3v) is 5.28. The average Bonchev–Trinajstić information content (AvgIpc) is 3.33.